The summed E-state index contributed by atoms with van der Waals surface area (Å²) in [5, 5.41) is 20.6. The van der Waals surface area contributed by atoms with Gasteiger partial charge in [0.25, 0.3) is 5.91 Å². The lowest BCUT2D eigenvalue weighted by Crippen LogP contribution is -2.48. The fourth-order valence-corrected chi connectivity index (χ4v) is 3.59. The third-order valence-electron chi connectivity index (χ3n) is 4.18. The summed E-state index contributed by atoms with van der Waals surface area (Å²) in [6.45, 7) is 0. The predicted molar refractivity (Wildman–Crippen MR) is 88.2 cm³/mol. The Hall–Kier alpha value is -1.64. The van der Waals surface area contributed by atoms with Crippen LogP contribution in [0, 0.1) is 5.92 Å². The van der Waals surface area contributed by atoms with E-state index in [4.69, 9.17) is 10.8 Å². The largest absolute Gasteiger partial charge is 0.477 e. The number of hydrogen-bond acceptors (Lipinski definition) is 6. The minimum Gasteiger partial charge on any atom is -0.477 e. The van der Waals surface area contributed by atoms with Gasteiger partial charge in [-0.15, -0.1) is 11.3 Å². The smallest absolute Gasteiger partial charge is 0.348 e. The van der Waals surface area contributed by atoms with Crippen LogP contribution in [0.2, 0.25) is 0 Å². The van der Waals surface area contributed by atoms with Crippen molar-refractivity contribution >= 4 is 28.9 Å². The molecule has 0 saturated heterocycles. The fraction of sp³-hybridized carbons (Fsp3) is 0.600. The zero-order valence-corrected chi connectivity index (χ0v) is 13.6. The maximum Gasteiger partial charge on any atom is 0.348 e. The number of carbonyl (C=O) groups is 2. The number of rotatable bonds is 7. The summed E-state index contributed by atoms with van der Waals surface area (Å²) in [5.74, 6) is -1.27. The van der Waals surface area contributed by atoms with E-state index < -0.39 is 24.0 Å². The summed E-state index contributed by atoms with van der Waals surface area (Å²) in [4.78, 5) is 23.0. The van der Waals surface area contributed by atoms with E-state index in [1.165, 1.54) is 19.3 Å². The average Bonchev–Trinajstić information content (AvgIpc) is 3.01. The molecule has 23 heavy (non-hydrogen) atoms. The van der Waals surface area contributed by atoms with Gasteiger partial charge in [0.15, 0.2) is 0 Å². The highest BCUT2D eigenvalue weighted by atomic mass is 32.1. The lowest BCUT2D eigenvalue weighted by atomic mass is 9.84. The molecule has 1 amide bonds. The van der Waals surface area contributed by atoms with Crippen LogP contribution >= 0.6 is 11.3 Å². The molecule has 1 saturated carbocycles. The molecule has 1 fully saturated rings. The van der Waals surface area contributed by atoms with Crippen LogP contribution in [0.5, 0.6) is 0 Å². The van der Waals surface area contributed by atoms with Crippen molar-refractivity contribution in [2.45, 2.75) is 50.7 Å². The highest BCUT2D eigenvalue weighted by Gasteiger charge is 2.26. The molecule has 2 rings (SSSR count). The van der Waals surface area contributed by atoms with Gasteiger partial charge >= 0.3 is 5.97 Å². The Kier molecular flexibility index (Phi) is 6.37. The number of hydrogen-bond donors (Lipinski definition) is 5. The van der Waals surface area contributed by atoms with Crippen molar-refractivity contribution in [3.63, 3.8) is 0 Å². The maximum atomic E-state index is 12.0. The number of carboxylic acids is 1. The van der Waals surface area contributed by atoms with Crippen molar-refractivity contribution in [3.8, 4) is 0 Å². The topological polar surface area (TPSA) is 125 Å². The highest BCUT2D eigenvalue weighted by Crippen LogP contribution is 2.27. The van der Waals surface area contributed by atoms with Gasteiger partial charge in [-0.1, -0.05) is 32.1 Å². The van der Waals surface area contributed by atoms with Crippen LogP contribution in [-0.2, 0) is 4.79 Å². The van der Waals surface area contributed by atoms with Gasteiger partial charge in [0.2, 0.25) is 0 Å². The van der Waals surface area contributed by atoms with Crippen molar-refractivity contribution in [1.82, 2.24) is 5.43 Å². The number of aliphatic hydroxyl groups excluding tert-OH is 1. The normalized spacial score (nSPS) is 18.2. The van der Waals surface area contributed by atoms with E-state index in [0.717, 1.165) is 24.2 Å². The SMILES string of the molecule is N[C@H](CC1CCCCC1)C(O)C(=O)NNc1ccsc1C(=O)O. The zero-order chi connectivity index (χ0) is 16.8. The number of hydrazine groups is 1. The second kappa shape index (κ2) is 8.28. The Balaban J connectivity index is 1.81. The number of anilines is 1. The van der Waals surface area contributed by atoms with Crippen LogP contribution in [-0.4, -0.2) is 34.2 Å². The standard InChI is InChI=1S/C15H23N3O4S/c16-10(8-9-4-2-1-3-5-9)12(19)14(20)18-17-11-6-7-23-13(11)15(21)22/h6-7,9-10,12,17,19H,1-5,8,16H2,(H,18,20)(H,21,22)/t10-,12?/m1/s1. The van der Waals surface area contributed by atoms with Crippen LogP contribution in [0.1, 0.15) is 48.2 Å². The summed E-state index contributed by atoms with van der Waals surface area (Å²) < 4.78 is 0. The second-order valence-corrected chi connectivity index (χ2v) is 6.85. The van der Waals surface area contributed by atoms with Crippen LogP contribution in [0.3, 0.4) is 0 Å². The number of nitrogens with two attached hydrogens (primary N) is 1. The Morgan fingerprint density at radius 2 is 2.04 bits per heavy atom. The van der Waals surface area contributed by atoms with Gasteiger partial charge in [0, 0.05) is 6.04 Å². The number of aromatic carboxylic acids is 1. The number of thiophene rings is 1. The van der Waals surface area contributed by atoms with Crippen molar-refractivity contribution < 1.29 is 19.8 Å². The molecule has 8 heteroatoms. The van der Waals surface area contributed by atoms with Crippen LogP contribution in [0.4, 0.5) is 5.69 Å². The molecular formula is C15H23N3O4S. The van der Waals surface area contributed by atoms with Gasteiger partial charge in [0.1, 0.15) is 11.0 Å². The Labute approximate surface area is 138 Å². The number of carboxylic acid groups (broad SMARTS) is 1. The van der Waals surface area contributed by atoms with Gasteiger partial charge in [-0.05, 0) is 23.8 Å². The van der Waals surface area contributed by atoms with Gasteiger partial charge in [-0.3, -0.25) is 15.6 Å². The first-order valence-corrected chi connectivity index (χ1v) is 8.67. The molecule has 0 radical (unpaired) electrons. The molecule has 0 aromatic carbocycles. The van der Waals surface area contributed by atoms with Crippen molar-refractivity contribution in [2.24, 2.45) is 11.7 Å². The molecule has 0 aliphatic heterocycles. The molecule has 1 heterocycles. The summed E-state index contributed by atoms with van der Waals surface area (Å²) in [6, 6.07) is 0.921. The summed E-state index contributed by atoms with van der Waals surface area (Å²) in [5.41, 5.74) is 11.1. The van der Waals surface area contributed by atoms with Gasteiger partial charge < -0.3 is 15.9 Å². The maximum absolute atomic E-state index is 12.0. The second-order valence-electron chi connectivity index (χ2n) is 5.93. The van der Waals surface area contributed by atoms with E-state index in [9.17, 15) is 14.7 Å². The van der Waals surface area contributed by atoms with E-state index in [1.807, 2.05) is 0 Å². The lowest BCUT2D eigenvalue weighted by molar-refractivity contribution is -0.130. The number of carbonyl (C=O) groups excluding carboxylic acids is 1. The summed E-state index contributed by atoms with van der Waals surface area (Å²) >= 11 is 1.05. The van der Waals surface area contributed by atoms with Crippen LogP contribution < -0.4 is 16.6 Å². The van der Waals surface area contributed by atoms with Gasteiger partial charge in [-0.25, -0.2) is 4.79 Å². The van der Waals surface area contributed by atoms with E-state index in [-0.39, 0.29) is 10.6 Å². The molecule has 128 valence electrons. The number of nitrogens with one attached hydrogen (secondary N) is 2. The molecule has 7 nitrogen and oxygen atoms in total. The van der Waals surface area contributed by atoms with E-state index in [2.05, 4.69) is 10.9 Å². The van der Waals surface area contributed by atoms with Crippen LogP contribution in [0.15, 0.2) is 11.4 Å². The van der Waals surface area contributed by atoms with Crippen molar-refractivity contribution in [1.29, 1.82) is 0 Å². The van der Waals surface area contributed by atoms with Crippen LogP contribution in [0.25, 0.3) is 0 Å². The van der Waals surface area contributed by atoms with E-state index in [0.29, 0.717) is 12.3 Å². The summed E-state index contributed by atoms with van der Waals surface area (Å²) in [7, 11) is 0. The Bertz CT molecular complexity index is 543. The number of aliphatic hydroxyl groups is 1. The summed E-state index contributed by atoms with van der Waals surface area (Å²) in [6.07, 6.45) is 5.08. The monoisotopic (exact) mass is 341 g/mol. The van der Waals surface area contributed by atoms with E-state index in [1.54, 1.807) is 11.4 Å². The third-order valence-corrected chi connectivity index (χ3v) is 5.09. The van der Waals surface area contributed by atoms with Crippen molar-refractivity contribution in [2.75, 3.05) is 5.43 Å². The lowest BCUT2D eigenvalue weighted by Gasteiger charge is -2.26. The molecule has 1 aliphatic rings. The van der Waals surface area contributed by atoms with E-state index >= 15 is 0 Å². The van der Waals surface area contributed by atoms with Crippen molar-refractivity contribution in [3.05, 3.63) is 16.3 Å². The fourth-order valence-electron chi connectivity index (χ4n) is 2.91. The minimum atomic E-state index is -1.32. The molecule has 1 aromatic heterocycles. The average molecular weight is 341 g/mol. The molecule has 1 aliphatic carbocycles. The quantitative estimate of drug-likeness (QED) is 0.479. The molecule has 6 N–H and O–H groups in total. The molecule has 2 atom stereocenters. The first kappa shape index (κ1) is 17.7. The minimum absolute atomic E-state index is 0.0892. The molecular weight excluding hydrogens is 318 g/mol. The predicted octanol–water partition coefficient (Wildman–Crippen LogP) is 1.55. The Morgan fingerprint density at radius 3 is 2.70 bits per heavy atom. The Morgan fingerprint density at radius 1 is 1.35 bits per heavy atom. The molecule has 1 aromatic rings. The first-order valence-electron chi connectivity index (χ1n) is 7.79. The molecule has 0 bridgehead atoms. The number of amides is 1. The van der Waals surface area contributed by atoms with Gasteiger partial charge in [0.05, 0.1) is 5.69 Å². The first-order chi connectivity index (χ1) is 11.0. The van der Waals surface area contributed by atoms with Gasteiger partial charge in [-0.2, -0.15) is 0 Å². The highest BCUT2D eigenvalue weighted by molar-refractivity contribution is 7.12. The molecule has 0 spiro atoms. The third kappa shape index (κ3) is 4.92. The molecule has 1 unspecified atom stereocenters. The zero-order valence-electron chi connectivity index (χ0n) is 12.8.